The summed E-state index contributed by atoms with van der Waals surface area (Å²) in [5.41, 5.74) is 5.20. The van der Waals surface area contributed by atoms with Crippen molar-refractivity contribution >= 4 is 11.7 Å². The van der Waals surface area contributed by atoms with Crippen molar-refractivity contribution in [1.29, 1.82) is 0 Å². The second-order valence-corrected chi connectivity index (χ2v) is 8.19. The number of Topliss-reactive ketones (excluding diaryl/α,β-unsaturated/α-hetero) is 1. The van der Waals surface area contributed by atoms with Gasteiger partial charge in [0.1, 0.15) is 5.75 Å². The zero-order valence-electron chi connectivity index (χ0n) is 18.1. The third-order valence-corrected chi connectivity index (χ3v) is 6.38. The Hall–Kier alpha value is -3.74. The number of aromatic hydroxyl groups is 1. The lowest BCUT2D eigenvalue weighted by molar-refractivity contribution is -0.116. The lowest BCUT2D eigenvalue weighted by Gasteiger charge is -2.34. The summed E-state index contributed by atoms with van der Waals surface area (Å²) < 4.78 is 16.1. The second-order valence-electron chi connectivity index (χ2n) is 8.19. The first-order valence-electron chi connectivity index (χ1n) is 10.5. The summed E-state index contributed by atoms with van der Waals surface area (Å²) in [6, 6.07) is 13.0. The quantitative estimate of drug-likeness (QED) is 0.619. The molecule has 2 aliphatic rings. The number of benzene rings is 2. The zero-order valence-corrected chi connectivity index (χ0v) is 18.1. The lowest BCUT2D eigenvalue weighted by atomic mass is 9.72. The van der Waals surface area contributed by atoms with Crippen molar-refractivity contribution in [3.63, 3.8) is 0 Å². The summed E-state index contributed by atoms with van der Waals surface area (Å²) in [6.07, 6.45) is 1.02. The van der Waals surface area contributed by atoms with E-state index in [1.54, 1.807) is 19.2 Å². The number of rotatable bonds is 4. The van der Waals surface area contributed by atoms with Gasteiger partial charge in [-0.3, -0.25) is 4.79 Å². The number of nitrogens with one attached hydrogen (secondary N) is 1. The summed E-state index contributed by atoms with van der Waals surface area (Å²) in [5.74, 6) is 1.62. The molecular weight excluding hydrogens is 408 g/mol. The van der Waals surface area contributed by atoms with Gasteiger partial charge in [0, 0.05) is 23.6 Å². The maximum absolute atomic E-state index is 13.5. The number of aromatic nitrogens is 1. The van der Waals surface area contributed by atoms with Gasteiger partial charge in [0.25, 0.3) is 0 Å². The highest BCUT2D eigenvalue weighted by atomic mass is 16.5. The predicted octanol–water partition coefficient (Wildman–Crippen LogP) is 4.66. The van der Waals surface area contributed by atoms with Crippen LogP contribution < -0.4 is 14.8 Å². The molecule has 7 nitrogen and oxygen atoms in total. The van der Waals surface area contributed by atoms with E-state index in [-0.39, 0.29) is 23.4 Å². The molecule has 0 spiro atoms. The number of allylic oxidation sites excluding steroid dienone is 2. The third kappa shape index (κ3) is 3.21. The number of fused-ring (bicyclic) bond motifs is 1. The number of hydrogen-bond donors (Lipinski definition) is 2. The topological polar surface area (TPSA) is 93.8 Å². The summed E-state index contributed by atoms with van der Waals surface area (Å²) in [5, 5.41) is 17.4. The van der Waals surface area contributed by atoms with Crippen LogP contribution in [-0.4, -0.2) is 30.3 Å². The van der Waals surface area contributed by atoms with Crippen LogP contribution >= 0.6 is 0 Å². The van der Waals surface area contributed by atoms with Crippen molar-refractivity contribution in [1.82, 2.24) is 5.16 Å². The first-order chi connectivity index (χ1) is 15.5. The van der Waals surface area contributed by atoms with Crippen LogP contribution in [-0.2, 0) is 4.79 Å². The first kappa shape index (κ1) is 20.2. The summed E-state index contributed by atoms with van der Waals surface area (Å²) in [4.78, 5) is 13.5. The number of carbonyl (C=O) groups is 1. The van der Waals surface area contributed by atoms with E-state index >= 15 is 0 Å². The Morgan fingerprint density at radius 3 is 2.53 bits per heavy atom. The molecule has 2 heterocycles. The molecule has 1 aromatic heterocycles. The average Bonchev–Trinajstić information content (AvgIpc) is 3.18. The molecule has 0 radical (unpaired) electrons. The molecule has 2 atom stereocenters. The number of methoxy groups -OCH3 is 2. The van der Waals surface area contributed by atoms with Gasteiger partial charge in [0.05, 0.1) is 25.5 Å². The van der Waals surface area contributed by atoms with Crippen molar-refractivity contribution < 1.29 is 23.9 Å². The molecule has 32 heavy (non-hydrogen) atoms. The molecule has 0 unspecified atom stereocenters. The lowest BCUT2D eigenvalue weighted by Crippen LogP contribution is -2.29. The monoisotopic (exact) mass is 432 g/mol. The minimum Gasteiger partial charge on any atom is -0.504 e. The molecule has 1 aliphatic heterocycles. The summed E-state index contributed by atoms with van der Waals surface area (Å²) >= 11 is 0. The normalized spacial score (nSPS) is 19.8. The average molecular weight is 432 g/mol. The molecule has 7 heteroatoms. The van der Waals surface area contributed by atoms with Crippen molar-refractivity contribution in [2.45, 2.75) is 31.6 Å². The van der Waals surface area contributed by atoms with E-state index in [0.29, 0.717) is 24.5 Å². The molecule has 164 valence electrons. The van der Waals surface area contributed by atoms with Gasteiger partial charge >= 0.3 is 0 Å². The molecule has 0 bridgehead atoms. The van der Waals surface area contributed by atoms with Gasteiger partial charge in [-0.1, -0.05) is 23.4 Å². The van der Waals surface area contributed by atoms with Gasteiger partial charge in [-0.15, -0.1) is 0 Å². The van der Waals surface area contributed by atoms with Crippen molar-refractivity contribution in [3.05, 3.63) is 76.1 Å². The molecule has 2 aromatic carbocycles. The van der Waals surface area contributed by atoms with E-state index < -0.39 is 0 Å². The molecule has 1 aliphatic carbocycles. The highest BCUT2D eigenvalue weighted by Gasteiger charge is 2.41. The highest BCUT2D eigenvalue weighted by Crippen LogP contribution is 2.49. The van der Waals surface area contributed by atoms with Crippen LogP contribution in [0.2, 0.25) is 0 Å². The fraction of sp³-hybridized carbons (Fsp3) is 0.280. The number of phenols is 1. The van der Waals surface area contributed by atoms with E-state index in [9.17, 15) is 9.90 Å². The van der Waals surface area contributed by atoms with Crippen molar-refractivity contribution in [3.8, 4) is 17.2 Å². The number of carbonyl (C=O) groups excluding carboxylic acids is 1. The predicted molar refractivity (Wildman–Crippen MR) is 118 cm³/mol. The first-order valence-corrected chi connectivity index (χ1v) is 10.5. The van der Waals surface area contributed by atoms with Crippen LogP contribution in [0.25, 0.3) is 0 Å². The van der Waals surface area contributed by atoms with Gasteiger partial charge < -0.3 is 24.4 Å². The maximum atomic E-state index is 13.5. The number of phenolic OH excluding ortho intramolecular Hbond substituents is 1. The number of ketones is 1. The Morgan fingerprint density at radius 2 is 1.81 bits per heavy atom. The van der Waals surface area contributed by atoms with Gasteiger partial charge in [0.2, 0.25) is 5.88 Å². The Bertz CT molecular complexity index is 1230. The van der Waals surface area contributed by atoms with E-state index in [2.05, 4.69) is 10.5 Å². The van der Waals surface area contributed by atoms with E-state index in [4.69, 9.17) is 14.0 Å². The SMILES string of the molecule is COc1ccc([C@H]2C3=C(C[C@@H](c4ccc(O)c(OC)c4)CC3=O)Nc3onc(C)c32)cc1. The molecule has 0 amide bonds. The fourth-order valence-electron chi connectivity index (χ4n) is 4.79. The molecule has 5 rings (SSSR count). The van der Waals surface area contributed by atoms with E-state index in [0.717, 1.165) is 39.4 Å². The summed E-state index contributed by atoms with van der Waals surface area (Å²) in [6.45, 7) is 1.89. The smallest absolute Gasteiger partial charge is 0.233 e. The number of hydrogen-bond acceptors (Lipinski definition) is 7. The van der Waals surface area contributed by atoms with Gasteiger partial charge in [0.15, 0.2) is 17.3 Å². The number of anilines is 1. The largest absolute Gasteiger partial charge is 0.504 e. The van der Waals surface area contributed by atoms with Crippen LogP contribution in [0.1, 0.15) is 47.1 Å². The minimum absolute atomic E-state index is 0.0367. The molecule has 2 N–H and O–H groups in total. The maximum Gasteiger partial charge on any atom is 0.233 e. The van der Waals surface area contributed by atoms with Crippen LogP contribution in [0.4, 0.5) is 5.88 Å². The van der Waals surface area contributed by atoms with Crippen molar-refractivity contribution in [2.75, 3.05) is 19.5 Å². The van der Waals surface area contributed by atoms with Crippen LogP contribution in [0.15, 0.2) is 58.3 Å². The molecule has 3 aromatic rings. The van der Waals surface area contributed by atoms with Gasteiger partial charge in [-0.25, -0.2) is 0 Å². The minimum atomic E-state index is -0.249. The van der Waals surface area contributed by atoms with Crippen LogP contribution in [0.3, 0.4) is 0 Å². The Morgan fingerprint density at radius 1 is 1.06 bits per heavy atom. The Balaban J connectivity index is 1.58. The van der Waals surface area contributed by atoms with Crippen LogP contribution in [0, 0.1) is 6.92 Å². The Kier molecular flexibility index (Phi) is 4.89. The fourth-order valence-corrected chi connectivity index (χ4v) is 4.79. The second kappa shape index (κ2) is 7.75. The van der Waals surface area contributed by atoms with E-state index in [1.807, 2.05) is 37.3 Å². The molecule has 0 saturated heterocycles. The van der Waals surface area contributed by atoms with Gasteiger partial charge in [-0.05, 0) is 54.7 Å². The highest BCUT2D eigenvalue weighted by molar-refractivity contribution is 6.01. The van der Waals surface area contributed by atoms with Crippen molar-refractivity contribution in [2.24, 2.45) is 0 Å². The zero-order chi connectivity index (χ0) is 22.4. The summed E-state index contributed by atoms with van der Waals surface area (Å²) in [7, 11) is 3.15. The van der Waals surface area contributed by atoms with E-state index in [1.165, 1.54) is 7.11 Å². The number of nitrogens with zero attached hydrogens (tertiary/aromatic N) is 1. The number of aryl methyl sites for hydroxylation is 1. The van der Waals surface area contributed by atoms with Gasteiger partial charge in [-0.2, -0.15) is 0 Å². The Labute approximate surface area is 185 Å². The third-order valence-electron chi connectivity index (χ3n) is 6.38. The molecule has 0 saturated carbocycles. The number of ether oxygens (including phenoxy) is 2. The molecular formula is C25H24N2O5. The molecule has 0 fully saturated rings. The van der Waals surface area contributed by atoms with Crippen LogP contribution in [0.5, 0.6) is 17.2 Å². The standard InChI is InChI=1S/C25H24N2O5/c1-13-22-23(14-4-7-17(30-2)8-5-14)24-18(26-25(22)32-27-13)10-16(11-20(24)29)15-6-9-19(28)21(12-15)31-3/h4-9,12,16,23,26,28H,10-11H2,1-3H3/t16-,23-/m1/s1.